The Hall–Kier alpha value is -0.760. The third-order valence-electron chi connectivity index (χ3n) is 3.77. The normalized spacial score (nSPS) is 16.2. The molecule has 0 amide bonds. The molecule has 2 rings (SSSR count). The lowest BCUT2D eigenvalue weighted by Crippen LogP contribution is -2.42. The SMILES string of the molecule is CCNC(=NCCc1ccco1)N(C)CC1CCOCC1.I. The molecule has 0 spiro atoms. The zero-order valence-electron chi connectivity index (χ0n) is 13.6. The molecule has 0 saturated carbocycles. The Labute approximate surface area is 150 Å². The van der Waals surface area contributed by atoms with Crippen LogP contribution in [0.1, 0.15) is 25.5 Å². The van der Waals surface area contributed by atoms with Gasteiger partial charge in [-0.15, -0.1) is 24.0 Å². The summed E-state index contributed by atoms with van der Waals surface area (Å²) in [4.78, 5) is 6.93. The van der Waals surface area contributed by atoms with E-state index >= 15 is 0 Å². The Morgan fingerprint density at radius 2 is 2.18 bits per heavy atom. The van der Waals surface area contributed by atoms with E-state index in [0.717, 1.165) is 63.8 Å². The molecule has 0 unspecified atom stereocenters. The molecule has 1 aliphatic heterocycles. The number of hydrogen-bond acceptors (Lipinski definition) is 3. The lowest BCUT2D eigenvalue weighted by molar-refractivity contribution is 0.0610. The van der Waals surface area contributed by atoms with Crippen LogP contribution in [-0.4, -0.2) is 50.8 Å². The van der Waals surface area contributed by atoms with Gasteiger partial charge in [-0.1, -0.05) is 0 Å². The summed E-state index contributed by atoms with van der Waals surface area (Å²) >= 11 is 0. The number of nitrogens with one attached hydrogen (secondary N) is 1. The molecule has 1 saturated heterocycles. The van der Waals surface area contributed by atoms with Gasteiger partial charge in [0.25, 0.3) is 0 Å². The van der Waals surface area contributed by atoms with E-state index in [1.54, 1.807) is 6.26 Å². The van der Waals surface area contributed by atoms with Gasteiger partial charge in [-0.25, -0.2) is 0 Å². The molecular formula is C16H28IN3O2. The molecule has 0 atom stereocenters. The second kappa shape index (κ2) is 10.9. The number of furan rings is 1. The van der Waals surface area contributed by atoms with E-state index in [-0.39, 0.29) is 24.0 Å². The minimum absolute atomic E-state index is 0. The monoisotopic (exact) mass is 421 g/mol. The van der Waals surface area contributed by atoms with Gasteiger partial charge in [0.15, 0.2) is 5.96 Å². The number of guanidine groups is 1. The Balaban J connectivity index is 0.00000242. The van der Waals surface area contributed by atoms with Crippen LogP contribution in [0.3, 0.4) is 0 Å². The van der Waals surface area contributed by atoms with Crippen LogP contribution in [0, 0.1) is 5.92 Å². The summed E-state index contributed by atoms with van der Waals surface area (Å²) in [6.45, 7) is 6.56. The number of nitrogens with zero attached hydrogens (tertiary/aromatic N) is 2. The fraction of sp³-hybridized carbons (Fsp3) is 0.688. The van der Waals surface area contributed by atoms with Crippen LogP contribution in [0.25, 0.3) is 0 Å². The maximum Gasteiger partial charge on any atom is 0.193 e. The number of ether oxygens (including phenoxy) is 1. The summed E-state index contributed by atoms with van der Waals surface area (Å²) < 4.78 is 10.8. The molecule has 1 aliphatic rings. The van der Waals surface area contributed by atoms with Gasteiger partial charge in [-0.05, 0) is 37.8 Å². The van der Waals surface area contributed by atoms with Gasteiger partial charge >= 0.3 is 0 Å². The molecule has 0 radical (unpaired) electrons. The van der Waals surface area contributed by atoms with Crippen LogP contribution in [0.5, 0.6) is 0 Å². The molecule has 1 N–H and O–H groups in total. The van der Waals surface area contributed by atoms with Crippen molar-refractivity contribution in [2.45, 2.75) is 26.2 Å². The highest BCUT2D eigenvalue weighted by atomic mass is 127. The van der Waals surface area contributed by atoms with Crippen molar-refractivity contribution >= 4 is 29.9 Å². The van der Waals surface area contributed by atoms with Crippen molar-refractivity contribution in [2.24, 2.45) is 10.9 Å². The second-order valence-corrected chi connectivity index (χ2v) is 5.50. The highest BCUT2D eigenvalue weighted by molar-refractivity contribution is 14.0. The Morgan fingerprint density at radius 1 is 1.41 bits per heavy atom. The van der Waals surface area contributed by atoms with Crippen molar-refractivity contribution in [3.63, 3.8) is 0 Å². The summed E-state index contributed by atoms with van der Waals surface area (Å²) in [5.41, 5.74) is 0. The van der Waals surface area contributed by atoms with Gasteiger partial charge in [-0.2, -0.15) is 0 Å². The second-order valence-electron chi connectivity index (χ2n) is 5.50. The fourth-order valence-electron chi connectivity index (χ4n) is 2.60. The van der Waals surface area contributed by atoms with E-state index in [9.17, 15) is 0 Å². The fourth-order valence-corrected chi connectivity index (χ4v) is 2.60. The van der Waals surface area contributed by atoms with Gasteiger partial charge in [0.05, 0.1) is 6.26 Å². The number of hydrogen-bond donors (Lipinski definition) is 1. The molecule has 126 valence electrons. The van der Waals surface area contributed by atoms with Crippen LogP contribution in [0.2, 0.25) is 0 Å². The molecule has 5 nitrogen and oxygen atoms in total. The number of aliphatic imine (C=N–C) groups is 1. The first-order chi connectivity index (χ1) is 10.3. The summed E-state index contributed by atoms with van der Waals surface area (Å²) in [6.07, 6.45) is 4.85. The molecule has 1 aromatic rings. The van der Waals surface area contributed by atoms with Crippen LogP contribution in [-0.2, 0) is 11.2 Å². The average molecular weight is 421 g/mol. The number of rotatable bonds is 6. The highest BCUT2D eigenvalue weighted by Crippen LogP contribution is 2.15. The quantitative estimate of drug-likeness (QED) is 0.436. The third kappa shape index (κ3) is 6.56. The van der Waals surface area contributed by atoms with E-state index < -0.39 is 0 Å². The number of halogens is 1. The van der Waals surface area contributed by atoms with Crippen LogP contribution >= 0.6 is 24.0 Å². The highest BCUT2D eigenvalue weighted by Gasteiger charge is 2.17. The van der Waals surface area contributed by atoms with Crippen molar-refractivity contribution in [3.8, 4) is 0 Å². The summed E-state index contributed by atoms with van der Waals surface area (Å²) in [5.74, 6) is 2.68. The average Bonchev–Trinajstić information content (AvgIpc) is 3.00. The smallest absolute Gasteiger partial charge is 0.193 e. The van der Waals surface area contributed by atoms with Gasteiger partial charge in [0.2, 0.25) is 0 Å². The molecule has 2 heterocycles. The van der Waals surface area contributed by atoms with Crippen LogP contribution in [0.4, 0.5) is 0 Å². The van der Waals surface area contributed by atoms with E-state index in [1.807, 2.05) is 12.1 Å². The van der Waals surface area contributed by atoms with Crippen molar-refractivity contribution in [1.29, 1.82) is 0 Å². The summed E-state index contributed by atoms with van der Waals surface area (Å²) in [6, 6.07) is 3.91. The first-order valence-corrected chi connectivity index (χ1v) is 7.89. The lowest BCUT2D eigenvalue weighted by atomic mass is 10.00. The van der Waals surface area contributed by atoms with E-state index in [2.05, 4.69) is 24.2 Å². The topological polar surface area (TPSA) is 50.0 Å². The lowest BCUT2D eigenvalue weighted by Gasteiger charge is -2.29. The minimum atomic E-state index is 0. The predicted molar refractivity (Wildman–Crippen MR) is 100.0 cm³/mol. The van der Waals surface area contributed by atoms with Crippen LogP contribution in [0.15, 0.2) is 27.8 Å². The van der Waals surface area contributed by atoms with Gasteiger partial charge in [-0.3, -0.25) is 4.99 Å². The van der Waals surface area contributed by atoms with Crippen molar-refractivity contribution in [2.75, 3.05) is 39.9 Å². The van der Waals surface area contributed by atoms with Crippen molar-refractivity contribution in [3.05, 3.63) is 24.2 Å². The summed E-state index contributed by atoms with van der Waals surface area (Å²) in [5, 5.41) is 3.37. The Bertz CT molecular complexity index is 417. The van der Waals surface area contributed by atoms with E-state index in [0.29, 0.717) is 5.92 Å². The molecule has 0 aromatic carbocycles. The van der Waals surface area contributed by atoms with Crippen molar-refractivity contribution < 1.29 is 9.15 Å². The van der Waals surface area contributed by atoms with E-state index in [1.165, 1.54) is 0 Å². The first kappa shape index (κ1) is 19.3. The molecular weight excluding hydrogens is 393 g/mol. The van der Waals surface area contributed by atoms with Gasteiger partial charge < -0.3 is 19.4 Å². The summed E-state index contributed by atoms with van der Waals surface area (Å²) in [7, 11) is 2.11. The zero-order valence-corrected chi connectivity index (χ0v) is 15.9. The third-order valence-corrected chi connectivity index (χ3v) is 3.77. The maximum absolute atomic E-state index is 5.42. The molecule has 1 aromatic heterocycles. The standard InChI is InChI=1S/C16H27N3O2.HI/c1-3-17-16(18-9-6-15-5-4-10-21-15)19(2)13-14-7-11-20-12-8-14;/h4-5,10,14H,3,6-9,11-13H2,1-2H3,(H,17,18);1H. The molecule has 0 aliphatic carbocycles. The first-order valence-electron chi connectivity index (χ1n) is 7.89. The molecule has 0 bridgehead atoms. The molecule has 22 heavy (non-hydrogen) atoms. The van der Waals surface area contributed by atoms with Crippen molar-refractivity contribution in [1.82, 2.24) is 10.2 Å². The van der Waals surface area contributed by atoms with Crippen LogP contribution < -0.4 is 5.32 Å². The molecule has 6 heteroatoms. The maximum atomic E-state index is 5.42. The zero-order chi connectivity index (χ0) is 14.9. The minimum Gasteiger partial charge on any atom is -0.469 e. The predicted octanol–water partition coefficient (Wildman–Crippen LogP) is 2.76. The molecule has 1 fully saturated rings. The van der Waals surface area contributed by atoms with Gasteiger partial charge in [0, 0.05) is 46.3 Å². The van der Waals surface area contributed by atoms with E-state index in [4.69, 9.17) is 14.1 Å². The Morgan fingerprint density at radius 3 is 2.82 bits per heavy atom. The largest absolute Gasteiger partial charge is 0.469 e. The van der Waals surface area contributed by atoms with Gasteiger partial charge in [0.1, 0.15) is 5.76 Å². The Kier molecular flexibility index (Phi) is 9.54.